The Morgan fingerprint density at radius 3 is 2.60 bits per heavy atom. The summed E-state index contributed by atoms with van der Waals surface area (Å²) >= 11 is 14.5. The molecule has 0 aliphatic carbocycles. The number of nitrogens with one attached hydrogen (secondary N) is 1. The summed E-state index contributed by atoms with van der Waals surface area (Å²) in [5, 5.41) is 4.48. The molecule has 0 radical (unpaired) electrons. The molecule has 0 bridgehead atoms. The summed E-state index contributed by atoms with van der Waals surface area (Å²) in [6, 6.07) is 5.31. The fourth-order valence-corrected chi connectivity index (χ4v) is 2.99. The average molecular weight is 422 g/mol. The highest BCUT2D eigenvalue weighted by molar-refractivity contribution is 14.1. The van der Waals surface area contributed by atoms with E-state index >= 15 is 0 Å². The van der Waals surface area contributed by atoms with E-state index in [0.29, 0.717) is 15.9 Å². The van der Waals surface area contributed by atoms with Gasteiger partial charge in [0.2, 0.25) is 0 Å². The lowest BCUT2D eigenvalue weighted by molar-refractivity contribution is 0.982. The van der Waals surface area contributed by atoms with Crippen molar-refractivity contribution in [3.05, 3.63) is 37.5 Å². The van der Waals surface area contributed by atoms with Crippen LogP contribution in [0.4, 0.5) is 5.82 Å². The van der Waals surface area contributed by atoms with Crippen molar-refractivity contribution in [1.82, 2.24) is 9.97 Å². The molecular formula is C14H14Cl2IN3. The molecule has 20 heavy (non-hydrogen) atoms. The highest BCUT2D eigenvalue weighted by Crippen LogP contribution is 2.31. The molecule has 3 nitrogen and oxygen atoms in total. The summed E-state index contributed by atoms with van der Waals surface area (Å²) in [6.07, 6.45) is 0.838. The van der Waals surface area contributed by atoms with E-state index in [0.717, 1.165) is 33.6 Å². The van der Waals surface area contributed by atoms with Crippen molar-refractivity contribution in [2.45, 2.75) is 20.3 Å². The molecule has 0 unspecified atom stereocenters. The molecule has 0 saturated heterocycles. The van der Waals surface area contributed by atoms with Crippen LogP contribution < -0.4 is 5.32 Å². The van der Waals surface area contributed by atoms with Gasteiger partial charge >= 0.3 is 0 Å². The molecule has 0 amide bonds. The van der Waals surface area contributed by atoms with Crippen LogP contribution in [0.15, 0.2) is 18.2 Å². The maximum atomic E-state index is 6.23. The normalized spacial score (nSPS) is 10.7. The first-order valence-electron chi connectivity index (χ1n) is 6.32. The maximum absolute atomic E-state index is 6.23. The minimum atomic E-state index is 0.597. The quantitative estimate of drug-likeness (QED) is 0.702. The summed E-state index contributed by atoms with van der Waals surface area (Å²) in [7, 11) is 0. The lowest BCUT2D eigenvalue weighted by Gasteiger charge is -2.12. The van der Waals surface area contributed by atoms with Crippen LogP contribution >= 0.6 is 45.8 Å². The van der Waals surface area contributed by atoms with E-state index in [2.05, 4.69) is 44.8 Å². The summed E-state index contributed by atoms with van der Waals surface area (Å²) in [5.41, 5.74) is 1.76. The third-order valence-electron chi connectivity index (χ3n) is 2.77. The number of benzene rings is 1. The van der Waals surface area contributed by atoms with Crippen molar-refractivity contribution >= 4 is 51.6 Å². The predicted octanol–water partition coefficient (Wildman–Crippen LogP) is 5.05. The molecule has 2 aromatic rings. The molecule has 0 spiro atoms. The number of anilines is 1. The van der Waals surface area contributed by atoms with Crippen molar-refractivity contribution in [3.63, 3.8) is 0 Å². The van der Waals surface area contributed by atoms with Crippen LogP contribution in [0.25, 0.3) is 11.4 Å². The zero-order valence-electron chi connectivity index (χ0n) is 11.2. The molecular weight excluding hydrogens is 408 g/mol. The van der Waals surface area contributed by atoms with Crippen molar-refractivity contribution in [3.8, 4) is 11.4 Å². The molecule has 6 heteroatoms. The zero-order chi connectivity index (χ0) is 14.7. The SMILES string of the molecule is CCNc1nc(-c2cc(Cl)ccc2Cl)nc(CC)c1I. The van der Waals surface area contributed by atoms with E-state index in [-0.39, 0.29) is 0 Å². The highest BCUT2D eigenvalue weighted by Gasteiger charge is 2.14. The van der Waals surface area contributed by atoms with Gasteiger partial charge in [0, 0.05) is 17.1 Å². The molecule has 0 aliphatic heterocycles. The fraction of sp³-hybridized carbons (Fsp3) is 0.286. The largest absolute Gasteiger partial charge is 0.369 e. The van der Waals surface area contributed by atoms with Crippen LogP contribution in [0.5, 0.6) is 0 Å². The summed E-state index contributed by atoms with van der Waals surface area (Å²) in [6.45, 7) is 4.91. The van der Waals surface area contributed by atoms with Gasteiger partial charge in [0.05, 0.1) is 14.3 Å². The van der Waals surface area contributed by atoms with E-state index < -0.39 is 0 Å². The Kier molecular flexibility index (Phi) is 5.46. The Balaban J connectivity index is 2.61. The van der Waals surface area contributed by atoms with Gasteiger partial charge in [-0.25, -0.2) is 9.97 Å². The van der Waals surface area contributed by atoms with Crippen molar-refractivity contribution in [2.24, 2.45) is 0 Å². The Hall–Kier alpha value is -0.590. The summed E-state index contributed by atoms with van der Waals surface area (Å²) in [4.78, 5) is 9.17. The summed E-state index contributed by atoms with van der Waals surface area (Å²) in [5.74, 6) is 1.44. The van der Waals surface area contributed by atoms with Gasteiger partial charge < -0.3 is 5.32 Å². The Labute approximate surface area is 142 Å². The second-order valence-electron chi connectivity index (χ2n) is 4.16. The number of aromatic nitrogens is 2. The third kappa shape index (κ3) is 3.35. The summed E-state index contributed by atoms with van der Waals surface area (Å²) < 4.78 is 1.05. The molecule has 1 N–H and O–H groups in total. The number of hydrogen-bond acceptors (Lipinski definition) is 3. The Bertz CT molecular complexity index is 632. The molecule has 0 saturated carbocycles. The van der Waals surface area contributed by atoms with Crippen molar-refractivity contribution in [1.29, 1.82) is 0 Å². The Morgan fingerprint density at radius 2 is 1.95 bits per heavy atom. The average Bonchev–Trinajstić information content (AvgIpc) is 2.44. The third-order valence-corrected chi connectivity index (χ3v) is 4.47. The van der Waals surface area contributed by atoms with Crippen LogP contribution in [0.1, 0.15) is 19.5 Å². The van der Waals surface area contributed by atoms with Gasteiger partial charge in [0.15, 0.2) is 5.82 Å². The molecule has 1 aromatic carbocycles. The van der Waals surface area contributed by atoms with Crippen LogP contribution in [-0.4, -0.2) is 16.5 Å². The second kappa shape index (κ2) is 6.91. The molecule has 0 aliphatic rings. The van der Waals surface area contributed by atoms with E-state index in [1.54, 1.807) is 18.2 Å². The zero-order valence-corrected chi connectivity index (χ0v) is 14.8. The van der Waals surface area contributed by atoms with E-state index in [9.17, 15) is 0 Å². The second-order valence-corrected chi connectivity index (χ2v) is 6.09. The van der Waals surface area contributed by atoms with Crippen LogP contribution in [0.2, 0.25) is 10.0 Å². The monoisotopic (exact) mass is 421 g/mol. The molecule has 0 atom stereocenters. The number of nitrogens with zero attached hydrogens (tertiary/aromatic N) is 2. The maximum Gasteiger partial charge on any atom is 0.163 e. The van der Waals surface area contributed by atoms with Crippen LogP contribution in [0.3, 0.4) is 0 Å². The van der Waals surface area contributed by atoms with Crippen LogP contribution in [0, 0.1) is 3.57 Å². The van der Waals surface area contributed by atoms with Gasteiger partial charge in [-0.05, 0) is 54.1 Å². The number of rotatable bonds is 4. The lowest BCUT2D eigenvalue weighted by Crippen LogP contribution is -2.07. The van der Waals surface area contributed by atoms with E-state index in [1.165, 1.54) is 0 Å². The van der Waals surface area contributed by atoms with E-state index in [1.807, 2.05) is 6.92 Å². The number of halogens is 3. The predicted molar refractivity (Wildman–Crippen MR) is 93.7 cm³/mol. The molecule has 1 heterocycles. The molecule has 1 aromatic heterocycles. The van der Waals surface area contributed by atoms with Gasteiger partial charge in [0.1, 0.15) is 5.82 Å². The van der Waals surface area contributed by atoms with Gasteiger partial charge in [0.25, 0.3) is 0 Å². The van der Waals surface area contributed by atoms with Crippen molar-refractivity contribution in [2.75, 3.05) is 11.9 Å². The van der Waals surface area contributed by atoms with Gasteiger partial charge in [-0.1, -0.05) is 30.1 Å². The Morgan fingerprint density at radius 1 is 1.20 bits per heavy atom. The van der Waals surface area contributed by atoms with Gasteiger partial charge in [-0.2, -0.15) is 0 Å². The molecule has 2 rings (SSSR count). The highest BCUT2D eigenvalue weighted by atomic mass is 127. The number of hydrogen-bond donors (Lipinski definition) is 1. The topological polar surface area (TPSA) is 37.8 Å². The fourth-order valence-electron chi connectivity index (χ4n) is 1.80. The smallest absolute Gasteiger partial charge is 0.163 e. The first-order valence-corrected chi connectivity index (χ1v) is 8.16. The minimum Gasteiger partial charge on any atom is -0.369 e. The standard InChI is InChI=1S/C14H14Cl2IN3/c1-3-11-12(17)14(18-4-2)20-13(19-11)9-7-8(15)5-6-10(9)16/h5-7H,3-4H2,1-2H3,(H,18,19,20). The lowest BCUT2D eigenvalue weighted by atomic mass is 10.2. The van der Waals surface area contributed by atoms with E-state index in [4.69, 9.17) is 23.2 Å². The first-order chi connectivity index (χ1) is 9.56. The van der Waals surface area contributed by atoms with Gasteiger partial charge in [-0.3, -0.25) is 0 Å². The minimum absolute atomic E-state index is 0.597. The molecule has 0 fully saturated rings. The molecule has 106 valence electrons. The number of aryl methyl sites for hydroxylation is 1. The van der Waals surface area contributed by atoms with Crippen LogP contribution in [-0.2, 0) is 6.42 Å². The van der Waals surface area contributed by atoms with Gasteiger partial charge in [-0.15, -0.1) is 0 Å². The van der Waals surface area contributed by atoms with Crippen molar-refractivity contribution < 1.29 is 0 Å². The first kappa shape index (κ1) is 15.8.